The van der Waals surface area contributed by atoms with Crippen LogP contribution in [0.5, 0.6) is 0 Å². The van der Waals surface area contributed by atoms with Crippen molar-refractivity contribution >= 4 is 0 Å². The van der Waals surface area contributed by atoms with Crippen LogP contribution in [0.1, 0.15) is 0 Å². The fraction of sp³-hybridized carbons (Fsp3) is 0. The molecule has 0 bridgehead atoms. The molecule has 0 aliphatic carbocycles. The molecule has 0 aromatic rings. The smallest absolute Gasteiger partial charge is 0 e. The van der Waals surface area contributed by atoms with E-state index in [9.17, 15) is 0 Å². The number of rotatable bonds is 0. The van der Waals surface area contributed by atoms with Crippen LogP contribution in [-0.4, -0.2) is 0 Å². The molecule has 4 heteroatoms. The van der Waals surface area contributed by atoms with Crippen molar-refractivity contribution in [3.8, 4) is 0 Å². The summed E-state index contributed by atoms with van der Waals surface area (Å²) >= 11 is 0. The average molecular weight is 465 g/mol. The summed E-state index contributed by atoms with van der Waals surface area (Å²) in [6.07, 6.45) is 0. The van der Waals surface area contributed by atoms with Gasteiger partial charge in [-0.25, -0.2) is 0 Å². The minimum atomic E-state index is 0. The van der Waals surface area contributed by atoms with Gasteiger partial charge in [0.15, 0.2) is 0 Å². The van der Waals surface area contributed by atoms with Gasteiger partial charge in [0.1, 0.15) is 0 Å². The first-order valence-electron chi connectivity index (χ1n) is 0. The van der Waals surface area contributed by atoms with E-state index in [1.54, 1.807) is 0 Å². The Labute approximate surface area is 103 Å². The molecule has 0 atom stereocenters. The number of hydrogen-bond acceptors (Lipinski definition) is 0. The van der Waals surface area contributed by atoms with Crippen LogP contribution in [-0.2, 0) is 63.6 Å². The van der Waals surface area contributed by atoms with Gasteiger partial charge in [-0.05, 0) is 0 Å². The molecule has 0 aliphatic rings. The average Bonchev–Trinajstić information content (AvgIpc) is 0. The first-order chi connectivity index (χ1) is 0. The molecule has 0 saturated heterocycles. The van der Waals surface area contributed by atoms with Gasteiger partial charge < -0.3 is 0 Å². The molecular weight excluding hydrogens is 465 g/mol. The summed E-state index contributed by atoms with van der Waals surface area (Å²) in [5.74, 6) is 0. The van der Waals surface area contributed by atoms with Crippen molar-refractivity contribution in [3.05, 3.63) is 0 Å². The third kappa shape index (κ3) is 9.06. The topological polar surface area (TPSA) is 0 Å². The Morgan fingerprint density at radius 1 is 1.00 bits per heavy atom. The van der Waals surface area contributed by atoms with E-state index < -0.39 is 0 Å². The Hall–Kier alpha value is 3.43. The van der Waals surface area contributed by atoms with Gasteiger partial charge in [0, 0.05) is 105 Å². The normalized spacial score (nSPS) is 0. The van der Waals surface area contributed by atoms with Crippen molar-refractivity contribution in [1.29, 1.82) is 0 Å². The Morgan fingerprint density at radius 2 is 1.00 bits per heavy atom. The molecule has 0 nitrogen and oxygen atoms in total. The molecule has 0 spiro atoms. The first kappa shape index (κ1) is 26.1. The minimum Gasteiger partial charge on any atom is 0 e. The van der Waals surface area contributed by atoms with Gasteiger partial charge in [0.2, 0.25) is 0 Å². The third-order valence-electron chi connectivity index (χ3n) is 0. The molecule has 4 heavy (non-hydrogen) atoms. The van der Waals surface area contributed by atoms with E-state index in [0.29, 0.717) is 0 Å². The van der Waals surface area contributed by atoms with E-state index in [1.807, 2.05) is 0 Å². The Morgan fingerprint density at radius 3 is 1.00 bits per heavy atom. The fourth-order valence-electron chi connectivity index (χ4n) is 0. The maximum atomic E-state index is 0. The van der Waals surface area contributed by atoms with Crippen LogP contribution >= 0.6 is 0 Å². The molecular formula is CeHgNiZn. The van der Waals surface area contributed by atoms with Crippen molar-refractivity contribution in [2.75, 3.05) is 0 Å². The molecule has 0 saturated carbocycles. The van der Waals surface area contributed by atoms with E-state index in [4.69, 9.17) is 0 Å². The maximum absolute atomic E-state index is 0. The molecule has 0 unspecified atom stereocenters. The molecule has 0 fully saturated rings. The Kier molecular flexibility index (Phi) is 105. The van der Waals surface area contributed by atoms with E-state index in [2.05, 4.69) is 0 Å². The fourth-order valence-corrected chi connectivity index (χ4v) is 0. The minimum absolute atomic E-state index is 0. The molecule has 0 radical (unpaired) electrons. The molecule has 0 N–H and O–H groups in total. The van der Waals surface area contributed by atoms with Gasteiger partial charge in [-0.2, -0.15) is 0 Å². The standard InChI is InChI=1S/Ce.Hg.Ni.Zn. The largest absolute Gasteiger partial charge is 0 e. The van der Waals surface area contributed by atoms with Gasteiger partial charge in [-0.1, -0.05) is 0 Å². The molecule has 0 aromatic carbocycles. The molecule has 0 amide bonds. The summed E-state index contributed by atoms with van der Waals surface area (Å²) in [5, 5.41) is 0. The third-order valence-corrected chi connectivity index (χ3v) is 0. The summed E-state index contributed by atoms with van der Waals surface area (Å²) in [6.45, 7) is 0. The summed E-state index contributed by atoms with van der Waals surface area (Å²) in [7, 11) is 0. The van der Waals surface area contributed by atoms with Gasteiger partial charge >= 0.3 is 0 Å². The zero-order valence-corrected chi connectivity index (χ0v) is 14.8. The van der Waals surface area contributed by atoms with Gasteiger partial charge in [0.05, 0.1) is 0 Å². The maximum Gasteiger partial charge on any atom is 0 e. The van der Waals surface area contributed by atoms with Crippen molar-refractivity contribution in [1.82, 2.24) is 0 Å². The molecule has 18 valence electrons. The van der Waals surface area contributed by atoms with Crippen LogP contribution in [0.25, 0.3) is 0 Å². The van der Waals surface area contributed by atoms with Gasteiger partial charge in [0.25, 0.3) is 0 Å². The zero-order chi connectivity index (χ0) is 0. The van der Waals surface area contributed by atoms with Crippen LogP contribution in [0.2, 0.25) is 0 Å². The first-order valence-corrected chi connectivity index (χ1v) is 0. The Bertz CT molecular complexity index is 8.00. The van der Waals surface area contributed by atoms with Crippen LogP contribution in [0.4, 0.5) is 0 Å². The van der Waals surface area contributed by atoms with Crippen LogP contribution in [0.3, 0.4) is 0 Å². The van der Waals surface area contributed by atoms with E-state index >= 15 is 0 Å². The summed E-state index contributed by atoms with van der Waals surface area (Å²) < 4.78 is 0. The predicted molar refractivity (Wildman–Crippen MR) is 0 cm³/mol. The quantitative estimate of drug-likeness (QED) is 0.443. The van der Waals surface area contributed by atoms with Crippen molar-refractivity contribution < 1.29 is 105 Å². The second-order valence-electron chi connectivity index (χ2n) is 0. The SMILES string of the molecule is [Ce].[Hg].[Ni].[Zn]. The van der Waals surface area contributed by atoms with Gasteiger partial charge in [-0.15, -0.1) is 0 Å². The second-order valence-corrected chi connectivity index (χ2v) is 0. The zero-order valence-electron chi connectivity index (χ0n) is 2.23. The Balaban J connectivity index is 0. The summed E-state index contributed by atoms with van der Waals surface area (Å²) in [5.41, 5.74) is 0. The van der Waals surface area contributed by atoms with Crippen LogP contribution in [0.15, 0.2) is 0 Å². The van der Waals surface area contributed by atoms with E-state index in [-0.39, 0.29) is 105 Å². The molecule has 0 heterocycles. The molecule has 0 rings (SSSR count). The summed E-state index contributed by atoms with van der Waals surface area (Å²) in [6, 6.07) is 0. The molecule has 0 aliphatic heterocycles. The van der Waals surface area contributed by atoms with Crippen LogP contribution < -0.4 is 0 Å². The van der Waals surface area contributed by atoms with Gasteiger partial charge in [-0.3, -0.25) is 0 Å². The van der Waals surface area contributed by atoms with Crippen molar-refractivity contribution in [2.24, 2.45) is 0 Å². The monoisotopic (exact) mass is 464 g/mol. The van der Waals surface area contributed by atoms with Crippen molar-refractivity contribution in [2.45, 2.75) is 0 Å². The number of hydrogen-bond donors (Lipinski definition) is 0. The summed E-state index contributed by atoms with van der Waals surface area (Å²) in [4.78, 5) is 0. The van der Waals surface area contributed by atoms with E-state index in [0.717, 1.165) is 0 Å². The van der Waals surface area contributed by atoms with E-state index in [1.165, 1.54) is 0 Å². The van der Waals surface area contributed by atoms with Crippen LogP contribution in [0, 0.1) is 41.7 Å². The molecule has 0 aromatic heterocycles. The predicted octanol–water partition coefficient (Wildman–Crippen LogP) is -0.00750. The second kappa shape index (κ2) is 16.1. The van der Waals surface area contributed by atoms with Crippen molar-refractivity contribution in [3.63, 3.8) is 0 Å².